The fraction of sp³-hybridized carbons (Fsp3) is 0.133. The van der Waals surface area contributed by atoms with Gasteiger partial charge in [-0.15, -0.1) is 11.3 Å². The van der Waals surface area contributed by atoms with Crippen molar-refractivity contribution in [2.24, 2.45) is 0 Å². The molecule has 22 heavy (non-hydrogen) atoms. The van der Waals surface area contributed by atoms with Crippen LogP contribution in [0.15, 0.2) is 57.4 Å². The summed E-state index contributed by atoms with van der Waals surface area (Å²) < 4.78 is 33.7. The number of oxazole rings is 1. The minimum Gasteiger partial charge on any atom is -0.487 e. The Morgan fingerprint density at radius 1 is 1.23 bits per heavy atom. The molecule has 114 valence electrons. The Kier molecular flexibility index (Phi) is 4.00. The molecule has 0 fully saturated rings. The highest BCUT2D eigenvalue weighted by molar-refractivity contribution is 7.90. The van der Waals surface area contributed by atoms with Crippen LogP contribution in [0.3, 0.4) is 0 Å². The van der Waals surface area contributed by atoms with Crippen LogP contribution < -0.4 is 4.74 Å². The number of hydrogen-bond acceptors (Lipinski definition) is 6. The molecule has 0 saturated carbocycles. The standard InChI is InChI=1S/C15H13NO4S2/c1-22(17,18)13-6-4-12(5-7-13)19-9-11-10-20-15(16-11)14-3-2-8-21-14/h2-8,10H,9H2,1H3. The summed E-state index contributed by atoms with van der Waals surface area (Å²) in [5.74, 6) is 1.15. The Balaban J connectivity index is 1.65. The molecular formula is C15H13NO4S2. The predicted molar refractivity (Wildman–Crippen MR) is 83.7 cm³/mol. The van der Waals surface area contributed by atoms with Crippen molar-refractivity contribution in [3.63, 3.8) is 0 Å². The number of thiophene rings is 1. The zero-order valence-electron chi connectivity index (χ0n) is 11.7. The van der Waals surface area contributed by atoms with E-state index in [9.17, 15) is 8.42 Å². The second-order valence-corrected chi connectivity index (χ2v) is 7.62. The van der Waals surface area contributed by atoms with E-state index in [1.807, 2.05) is 17.5 Å². The van der Waals surface area contributed by atoms with Gasteiger partial charge in [0.1, 0.15) is 24.3 Å². The molecule has 0 bridgehead atoms. The molecule has 5 nitrogen and oxygen atoms in total. The smallest absolute Gasteiger partial charge is 0.236 e. The number of hydrogen-bond donors (Lipinski definition) is 0. The van der Waals surface area contributed by atoms with Crippen LogP contribution in [0.4, 0.5) is 0 Å². The van der Waals surface area contributed by atoms with E-state index in [4.69, 9.17) is 9.15 Å². The molecule has 2 heterocycles. The molecule has 0 radical (unpaired) electrons. The molecule has 0 unspecified atom stereocenters. The van der Waals surface area contributed by atoms with Crippen molar-refractivity contribution in [2.75, 3.05) is 6.26 Å². The summed E-state index contributed by atoms with van der Waals surface area (Å²) in [6.07, 6.45) is 2.73. The van der Waals surface area contributed by atoms with Crippen LogP contribution in [0.2, 0.25) is 0 Å². The monoisotopic (exact) mass is 335 g/mol. The zero-order chi connectivity index (χ0) is 15.6. The maximum absolute atomic E-state index is 11.4. The second-order valence-electron chi connectivity index (χ2n) is 4.65. The Labute approximate surface area is 132 Å². The fourth-order valence-corrected chi connectivity index (χ4v) is 3.11. The first-order valence-corrected chi connectivity index (χ1v) is 9.21. The highest BCUT2D eigenvalue weighted by atomic mass is 32.2. The summed E-state index contributed by atoms with van der Waals surface area (Å²) in [6, 6.07) is 10.1. The first-order chi connectivity index (χ1) is 10.5. The van der Waals surface area contributed by atoms with Gasteiger partial charge in [-0.05, 0) is 35.7 Å². The van der Waals surface area contributed by atoms with Gasteiger partial charge in [0.15, 0.2) is 9.84 Å². The lowest BCUT2D eigenvalue weighted by atomic mass is 10.3. The first-order valence-electron chi connectivity index (χ1n) is 6.43. The van der Waals surface area contributed by atoms with Gasteiger partial charge in [0, 0.05) is 6.26 Å². The van der Waals surface area contributed by atoms with E-state index in [-0.39, 0.29) is 11.5 Å². The van der Waals surface area contributed by atoms with Gasteiger partial charge in [-0.3, -0.25) is 0 Å². The molecule has 2 aromatic heterocycles. The van der Waals surface area contributed by atoms with Crippen molar-refractivity contribution in [3.05, 3.63) is 53.7 Å². The van der Waals surface area contributed by atoms with Gasteiger partial charge in [0.25, 0.3) is 0 Å². The predicted octanol–water partition coefficient (Wildman–Crippen LogP) is 3.39. The van der Waals surface area contributed by atoms with Crippen molar-refractivity contribution >= 4 is 21.2 Å². The van der Waals surface area contributed by atoms with Gasteiger partial charge in [-0.1, -0.05) is 6.07 Å². The molecule has 0 N–H and O–H groups in total. The van der Waals surface area contributed by atoms with Crippen molar-refractivity contribution < 1.29 is 17.6 Å². The highest BCUT2D eigenvalue weighted by Crippen LogP contribution is 2.24. The van der Waals surface area contributed by atoms with E-state index in [1.54, 1.807) is 29.7 Å². The van der Waals surface area contributed by atoms with Crippen LogP contribution in [0.25, 0.3) is 10.8 Å². The average molecular weight is 335 g/mol. The summed E-state index contributed by atoms with van der Waals surface area (Å²) in [5, 5.41) is 1.96. The molecule has 1 aromatic carbocycles. The molecular weight excluding hydrogens is 322 g/mol. The van der Waals surface area contributed by atoms with E-state index in [1.165, 1.54) is 18.4 Å². The molecule has 0 atom stereocenters. The van der Waals surface area contributed by atoms with Gasteiger partial charge in [0.05, 0.1) is 9.77 Å². The minimum atomic E-state index is -3.19. The Morgan fingerprint density at radius 3 is 2.64 bits per heavy atom. The first kappa shape index (κ1) is 14.8. The van der Waals surface area contributed by atoms with Gasteiger partial charge in [-0.25, -0.2) is 13.4 Å². The van der Waals surface area contributed by atoms with Gasteiger partial charge in [-0.2, -0.15) is 0 Å². The Morgan fingerprint density at radius 2 is 2.00 bits per heavy atom. The highest BCUT2D eigenvalue weighted by Gasteiger charge is 2.09. The minimum absolute atomic E-state index is 0.257. The number of nitrogens with zero attached hydrogens (tertiary/aromatic N) is 1. The number of ether oxygens (including phenoxy) is 1. The lowest BCUT2D eigenvalue weighted by Crippen LogP contribution is -1.98. The van der Waals surface area contributed by atoms with Crippen molar-refractivity contribution in [1.82, 2.24) is 4.98 Å². The summed E-state index contributed by atoms with van der Waals surface area (Å²) >= 11 is 1.55. The Hall–Kier alpha value is -2.12. The summed E-state index contributed by atoms with van der Waals surface area (Å²) in [6.45, 7) is 0.257. The van der Waals surface area contributed by atoms with Crippen LogP contribution >= 0.6 is 11.3 Å². The summed E-state index contributed by atoms with van der Waals surface area (Å²) in [7, 11) is -3.19. The fourth-order valence-electron chi connectivity index (χ4n) is 1.83. The molecule has 0 spiro atoms. The van der Waals surface area contributed by atoms with Crippen molar-refractivity contribution in [3.8, 4) is 16.5 Å². The van der Waals surface area contributed by atoms with E-state index < -0.39 is 9.84 Å². The lowest BCUT2D eigenvalue weighted by molar-refractivity contribution is 0.301. The third-order valence-electron chi connectivity index (χ3n) is 2.92. The number of benzene rings is 1. The average Bonchev–Trinajstić information content (AvgIpc) is 3.15. The quantitative estimate of drug-likeness (QED) is 0.715. The topological polar surface area (TPSA) is 69.4 Å². The van der Waals surface area contributed by atoms with Crippen LogP contribution in [0.1, 0.15) is 5.69 Å². The summed E-state index contributed by atoms with van der Waals surface area (Å²) in [5.41, 5.74) is 0.676. The lowest BCUT2D eigenvalue weighted by Gasteiger charge is -2.04. The van der Waals surface area contributed by atoms with Crippen LogP contribution in [0, 0.1) is 0 Å². The molecule has 0 saturated heterocycles. The van der Waals surface area contributed by atoms with Crippen molar-refractivity contribution in [1.29, 1.82) is 0 Å². The van der Waals surface area contributed by atoms with E-state index in [0.29, 0.717) is 17.3 Å². The summed E-state index contributed by atoms with van der Waals surface area (Å²) in [4.78, 5) is 5.57. The van der Waals surface area contributed by atoms with E-state index >= 15 is 0 Å². The van der Waals surface area contributed by atoms with Gasteiger partial charge < -0.3 is 9.15 Å². The van der Waals surface area contributed by atoms with Crippen LogP contribution in [0.5, 0.6) is 5.75 Å². The number of rotatable bonds is 5. The zero-order valence-corrected chi connectivity index (χ0v) is 13.4. The molecule has 3 aromatic rings. The maximum Gasteiger partial charge on any atom is 0.236 e. The SMILES string of the molecule is CS(=O)(=O)c1ccc(OCc2coc(-c3cccs3)n2)cc1. The van der Waals surface area contributed by atoms with Crippen LogP contribution in [-0.4, -0.2) is 19.7 Å². The molecule has 3 rings (SSSR count). The number of sulfone groups is 1. The molecule has 0 amide bonds. The van der Waals surface area contributed by atoms with Crippen LogP contribution in [-0.2, 0) is 16.4 Å². The maximum atomic E-state index is 11.4. The van der Waals surface area contributed by atoms with Crippen molar-refractivity contribution in [2.45, 2.75) is 11.5 Å². The number of aromatic nitrogens is 1. The molecule has 0 aliphatic rings. The normalized spacial score (nSPS) is 11.5. The van der Waals surface area contributed by atoms with Gasteiger partial charge in [0.2, 0.25) is 5.89 Å². The van der Waals surface area contributed by atoms with E-state index in [0.717, 1.165) is 4.88 Å². The third kappa shape index (κ3) is 3.37. The third-order valence-corrected chi connectivity index (χ3v) is 4.91. The Bertz CT molecular complexity index is 849. The van der Waals surface area contributed by atoms with E-state index in [2.05, 4.69) is 4.98 Å². The molecule has 0 aliphatic carbocycles. The molecule has 0 aliphatic heterocycles. The largest absolute Gasteiger partial charge is 0.487 e. The molecule has 7 heteroatoms. The second kappa shape index (κ2) is 5.94. The van der Waals surface area contributed by atoms with Gasteiger partial charge >= 0.3 is 0 Å².